The lowest BCUT2D eigenvalue weighted by molar-refractivity contribution is 0.0876. The van der Waals surface area contributed by atoms with E-state index in [0.717, 1.165) is 41.3 Å². The van der Waals surface area contributed by atoms with Crippen molar-refractivity contribution >= 4 is 11.9 Å². The molecule has 0 saturated heterocycles. The molecule has 0 saturated carbocycles. The minimum atomic E-state index is -0.0997. The molecule has 2 heterocycles. The maximum absolute atomic E-state index is 13.1. The lowest BCUT2D eigenvalue weighted by Crippen LogP contribution is -2.32. The number of nitrogens with zero attached hydrogens (tertiary/aromatic N) is 1. The van der Waals surface area contributed by atoms with Gasteiger partial charge < -0.3 is 14.2 Å². The number of benzene rings is 3. The number of carbonyl (C=O) groups is 1. The quantitative estimate of drug-likeness (QED) is 0.530. The molecule has 3 aromatic rings. The van der Waals surface area contributed by atoms with E-state index in [-0.39, 0.29) is 5.78 Å². The Hall–Kier alpha value is -3.57. The Balaban J connectivity index is 1.39. The monoisotopic (exact) mass is 427 g/mol. The van der Waals surface area contributed by atoms with Gasteiger partial charge in [-0.3, -0.25) is 9.69 Å². The Labute approximate surface area is 187 Å². The Morgan fingerprint density at radius 3 is 2.50 bits per heavy atom. The maximum Gasteiger partial charge on any atom is 0.231 e. The second-order valence-electron chi connectivity index (χ2n) is 8.33. The highest BCUT2D eigenvalue weighted by molar-refractivity contribution is 6.15. The van der Waals surface area contributed by atoms with Crippen molar-refractivity contribution in [3.63, 3.8) is 0 Å². The van der Waals surface area contributed by atoms with E-state index in [1.54, 1.807) is 13.2 Å². The fraction of sp³-hybridized carbons (Fsp3) is 0.222. The van der Waals surface area contributed by atoms with Crippen molar-refractivity contribution in [2.75, 3.05) is 13.8 Å². The predicted molar refractivity (Wildman–Crippen MR) is 123 cm³/mol. The van der Waals surface area contributed by atoms with Gasteiger partial charge in [0.25, 0.3) is 0 Å². The second kappa shape index (κ2) is 8.17. The molecule has 5 nitrogen and oxygen atoms in total. The minimum Gasteiger partial charge on any atom is -0.497 e. The van der Waals surface area contributed by atoms with Gasteiger partial charge in [-0.2, -0.15) is 0 Å². The first-order valence-corrected chi connectivity index (χ1v) is 10.7. The zero-order chi connectivity index (χ0) is 22.2. The van der Waals surface area contributed by atoms with Crippen molar-refractivity contribution in [3.05, 3.63) is 93.7 Å². The molecule has 162 valence electrons. The van der Waals surface area contributed by atoms with Crippen LogP contribution in [-0.4, -0.2) is 24.5 Å². The molecule has 0 amide bonds. The van der Waals surface area contributed by atoms with Crippen molar-refractivity contribution in [3.8, 4) is 17.2 Å². The van der Waals surface area contributed by atoms with E-state index in [4.69, 9.17) is 14.2 Å². The first-order chi connectivity index (χ1) is 15.5. The first kappa shape index (κ1) is 20.3. The number of methoxy groups -OCH3 is 1. The van der Waals surface area contributed by atoms with Crippen LogP contribution in [0.3, 0.4) is 0 Å². The van der Waals surface area contributed by atoms with Gasteiger partial charge in [0.1, 0.15) is 24.0 Å². The van der Waals surface area contributed by atoms with Crippen LogP contribution in [0, 0.1) is 13.8 Å². The molecule has 0 radical (unpaired) electrons. The SMILES string of the molecule is COc1ccc(/C=C2\Oc3c(cc4c(c3C)OCN(Cc3ccc(C)cc3)C4)C2=O)cc1. The van der Waals surface area contributed by atoms with Gasteiger partial charge in [-0.25, -0.2) is 0 Å². The third-order valence-corrected chi connectivity index (χ3v) is 5.94. The highest BCUT2D eigenvalue weighted by Gasteiger charge is 2.33. The standard InChI is InChI=1S/C27H25NO4/c1-17-4-6-20(7-5-17)14-28-15-21-13-23-25(29)24(12-19-8-10-22(30-3)11-9-19)32-27(23)18(2)26(21)31-16-28/h4-13H,14-16H2,1-3H3/b24-12-. The Kier molecular flexibility index (Phi) is 5.19. The number of Topliss-reactive ketones (excluding diaryl/α,β-unsaturated/α-hetero) is 1. The number of carbonyl (C=O) groups excluding carboxylic acids is 1. The topological polar surface area (TPSA) is 48.0 Å². The van der Waals surface area contributed by atoms with Crippen molar-refractivity contribution in [2.45, 2.75) is 26.9 Å². The van der Waals surface area contributed by atoms with E-state index in [1.807, 2.05) is 37.3 Å². The lowest BCUT2D eigenvalue weighted by atomic mass is 9.99. The van der Waals surface area contributed by atoms with Crippen LogP contribution in [0.1, 0.15) is 38.2 Å². The molecule has 0 aromatic heterocycles. The van der Waals surface area contributed by atoms with Gasteiger partial charge in [0.15, 0.2) is 5.76 Å². The Morgan fingerprint density at radius 2 is 1.78 bits per heavy atom. The molecule has 3 aromatic carbocycles. The van der Waals surface area contributed by atoms with E-state index >= 15 is 0 Å². The molecule has 0 spiro atoms. The molecular formula is C27H25NO4. The summed E-state index contributed by atoms with van der Waals surface area (Å²) in [6.07, 6.45) is 1.77. The van der Waals surface area contributed by atoms with Crippen LogP contribution in [0.15, 0.2) is 60.4 Å². The Bertz CT molecular complexity index is 1210. The summed E-state index contributed by atoms with van der Waals surface area (Å²) in [7, 11) is 1.63. The second-order valence-corrected chi connectivity index (χ2v) is 8.33. The summed E-state index contributed by atoms with van der Waals surface area (Å²) in [5, 5.41) is 0. The smallest absolute Gasteiger partial charge is 0.231 e. The highest BCUT2D eigenvalue weighted by atomic mass is 16.5. The molecule has 2 aliphatic heterocycles. The summed E-state index contributed by atoms with van der Waals surface area (Å²) in [4.78, 5) is 15.3. The average molecular weight is 428 g/mol. The van der Waals surface area contributed by atoms with Gasteiger partial charge in [-0.05, 0) is 49.2 Å². The van der Waals surface area contributed by atoms with Gasteiger partial charge in [-0.15, -0.1) is 0 Å². The fourth-order valence-electron chi connectivity index (χ4n) is 4.20. The molecule has 0 fully saturated rings. The number of ketones is 1. The number of ether oxygens (including phenoxy) is 3. The lowest BCUT2D eigenvalue weighted by Gasteiger charge is -2.30. The Morgan fingerprint density at radius 1 is 1.03 bits per heavy atom. The molecular weight excluding hydrogens is 402 g/mol. The van der Waals surface area contributed by atoms with Crippen LogP contribution >= 0.6 is 0 Å². The van der Waals surface area contributed by atoms with Crippen LogP contribution in [0.2, 0.25) is 0 Å². The summed E-state index contributed by atoms with van der Waals surface area (Å²) in [5.41, 5.74) is 5.86. The third-order valence-electron chi connectivity index (χ3n) is 5.94. The summed E-state index contributed by atoms with van der Waals surface area (Å²) in [5.74, 6) is 2.41. The van der Waals surface area contributed by atoms with Crippen LogP contribution in [-0.2, 0) is 13.1 Å². The number of rotatable bonds is 4. The van der Waals surface area contributed by atoms with E-state index in [0.29, 0.717) is 23.8 Å². The molecule has 0 bridgehead atoms. The van der Waals surface area contributed by atoms with E-state index in [9.17, 15) is 4.79 Å². The molecule has 0 aliphatic carbocycles. The molecule has 0 N–H and O–H groups in total. The number of allylic oxidation sites excluding steroid dienone is 1. The maximum atomic E-state index is 13.1. The summed E-state index contributed by atoms with van der Waals surface area (Å²) in [6.45, 7) is 6.06. The van der Waals surface area contributed by atoms with Crippen molar-refractivity contribution in [1.29, 1.82) is 0 Å². The number of aryl methyl sites for hydroxylation is 1. The van der Waals surface area contributed by atoms with Gasteiger partial charge in [-0.1, -0.05) is 42.0 Å². The van der Waals surface area contributed by atoms with Gasteiger partial charge in [0.2, 0.25) is 5.78 Å². The van der Waals surface area contributed by atoms with Gasteiger partial charge >= 0.3 is 0 Å². The number of hydrogen-bond acceptors (Lipinski definition) is 5. The van der Waals surface area contributed by atoms with Crippen molar-refractivity contribution in [2.24, 2.45) is 0 Å². The summed E-state index contributed by atoms with van der Waals surface area (Å²) >= 11 is 0. The normalized spacial score (nSPS) is 16.3. The van der Waals surface area contributed by atoms with E-state index < -0.39 is 0 Å². The first-order valence-electron chi connectivity index (χ1n) is 10.7. The summed E-state index contributed by atoms with van der Waals surface area (Å²) in [6, 6.07) is 18.0. The molecule has 0 unspecified atom stereocenters. The fourth-order valence-corrected chi connectivity index (χ4v) is 4.20. The molecule has 2 aliphatic rings. The van der Waals surface area contributed by atoms with Gasteiger partial charge in [0.05, 0.1) is 12.7 Å². The van der Waals surface area contributed by atoms with Crippen molar-refractivity contribution in [1.82, 2.24) is 4.90 Å². The average Bonchev–Trinajstić information content (AvgIpc) is 3.11. The third kappa shape index (κ3) is 3.76. The molecule has 5 heteroatoms. The van der Waals surface area contributed by atoms with Crippen molar-refractivity contribution < 1.29 is 19.0 Å². The van der Waals surface area contributed by atoms with E-state index in [2.05, 4.69) is 36.1 Å². The largest absolute Gasteiger partial charge is 0.497 e. The van der Waals surface area contributed by atoms with E-state index in [1.165, 1.54) is 11.1 Å². The predicted octanol–water partition coefficient (Wildman–Crippen LogP) is 5.28. The number of hydrogen-bond donors (Lipinski definition) is 0. The van der Waals surface area contributed by atoms with Crippen LogP contribution in [0.25, 0.3) is 6.08 Å². The zero-order valence-electron chi connectivity index (χ0n) is 18.5. The van der Waals surface area contributed by atoms with Crippen LogP contribution < -0.4 is 14.2 Å². The minimum absolute atomic E-state index is 0.0997. The highest BCUT2D eigenvalue weighted by Crippen LogP contribution is 2.43. The molecule has 32 heavy (non-hydrogen) atoms. The molecule has 5 rings (SSSR count). The number of fused-ring (bicyclic) bond motifs is 2. The van der Waals surface area contributed by atoms with Gasteiger partial charge in [0, 0.05) is 24.2 Å². The zero-order valence-corrected chi connectivity index (χ0v) is 18.5. The molecule has 0 atom stereocenters. The van der Waals surface area contributed by atoms with Crippen LogP contribution in [0.4, 0.5) is 0 Å². The van der Waals surface area contributed by atoms with Crippen LogP contribution in [0.5, 0.6) is 17.2 Å². The summed E-state index contributed by atoms with van der Waals surface area (Å²) < 4.78 is 17.3.